The van der Waals surface area contributed by atoms with Gasteiger partial charge in [-0.25, -0.2) is 4.79 Å². The highest BCUT2D eigenvalue weighted by molar-refractivity contribution is 6.30. The molecule has 0 fully saturated rings. The zero-order valence-corrected chi connectivity index (χ0v) is 19.6. The number of hydrogen-bond donors (Lipinski definition) is 1. The minimum absolute atomic E-state index is 0.0460. The molecule has 1 N–H and O–H groups in total. The van der Waals surface area contributed by atoms with Gasteiger partial charge in [0.05, 0.1) is 19.8 Å². The molecule has 0 bridgehead atoms. The van der Waals surface area contributed by atoms with E-state index < -0.39 is 11.9 Å². The molecule has 0 saturated carbocycles. The van der Waals surface area contributed by atoms with E-state index in [2.05, 4.69) is 5.32 Å². The third kappa shape index (κ3) is 4.62. The van der Waals surface area contributed by atoms with Gasteiger partial charge in [-0.15, -0.1) is 0 Å². The standard InChI is InChI=1S/C26H26ClNO5/c1-15-23(26(30)32-3)24(25-19(28-15)5-4-6-20(25)29)17-9-12-21(22(13-17)31-2)33-14-16-7-10-18(27)11-8-16/h7-13,24,28H,4-6,14H2,1-3H3. The van der Waals surface area contributed by atoms with E-state index in [0.717, 1.165) is 29.7 Å². The minimum atomic E-state index is -0.527. The Balaban J connectivity index is 1.71. The molecule has 2 aromatic rings. The maximum absolute atomic E-state index is 12.9. The molecule has 0 radical (unpaired) electrons. The first kappa shape index (κ1) is 22.9. The van der Waals surface area contributed by atoms with Gasteiger partial charge in [-0.1, -0.05) is 29.8 Å². The molecule has 0 saturated heterocycles. The van der Waals surface area contributed by atoms with Crippen molar-refractivity contribution in [3.8, 4) is 11.5 Å². The van der Waals surface area contributed by atoms with Crippen LogP contribution in [0.2, 0.25) is 5.02 Å². The van der Waals surface area contributed by atoms with Crippen molar-refractivity contribution in [3.63, 3.8) is 0 Å². The number of hydrogen-bond acceptors (Lipinski definition) is 6. The van der Waals surface area contributed by atoms with Crippen LogP contribution in [0.25, 0.3) is 0 Å². The predicted molar refractivity (Wildman–Crippen MR) is 125 cm³/mol. The molecule has 0 amide bonds. The Labute approximate surface area is 198 Å². The number of nitrogens with one attached hydrogen (secondary N) is 1. The number of allylic oxidation sites excluding steroid dienone is 3. The summed E-state index contributed by atoms with van der Waals surface area (Å²) in [5.74, 6) is 0.143. The van der Waals surface area contributed by atoms with Gasteiger partial charge in [0.15, 0.2) is 17.3 Å². The Morgan fingerprint density at radius 3 is 2.55 bits per heavy atom. The minimum Gasteiger partial charge on any atom is -0.493 e. The van der Waals surface area contributed by atoms with Crippen molar-refractivity contribution in [1.82, 2.24) is 5.32 Å². The van der Waals surface area contributed by atoms with Gasteiger partial charge >= 0.3 is 5.97 Å². The average molecular weight is 468 g/mol. The molecule has 33 heavy (non-hydrogen) atoms. The van der Waals surface area contributed by atoms with Crippen LogP contribution in [0.4, 0.5) is 0 Å². The molecule has 172 valence electrons. The maximum Gasteiger partial charge on any atom is 0.336 e. The van der Waals surface area contributed by atoms with Gasteiger partial charge in [0.2, 0.25) is 0 Å². The molecule has 4 rings (SSSR count). The van der Waals surface area contributed by atoms with Crippen LogP contribution in [0.1, 0.15) is 43.2 Å². The summed E-state index contributed by atoms with van der Waals surface area (Å²) in [6, 6.07) is 12.9. The summed E-state index contributed by atoms with van der Waals surface area (Å²) in [4.78, 5) is 25.7. The Morgan fingerprint density at radius 1 is 1.09 bits per heavy atom. The fourth-order valence-corrected chi connectivity index (χ4v) is 4.55. The van der Waals surface area contributed by atoms with Crippen LogP contribution in [-0.4, -0.2) is 26.0 Å². The second-order valence-electron chi connectivity index (χ2n) is 8.08. The van der Waals surface area contributed by atoms with Gasteiger partial charge in [0, 0.05) is 34.3 Å². The fraction of sp³-hybridized carbons (Fsp3) is 0.308. The van der Waals surface area contributed by atoms with Gasteiger partial charge in [0.25, 0.3) is 0 Å². The number of ether oxygens (including phenoxy) is 3. The molecule has 2 aliphatic rings. The van der Waals surface area contributed by atoms with Gasteiger partial charge in [-0.3, -0.25) is 4.79 Å². The summed E-state index contributed by atoms with van der Waals surface area (Å²) in [6.45, 7) is 2.18. The molecule has 6 nitrogen and oxygen atoms in total. The highest BCUT2D eigenvalue weighted by Crippen LogP contribution is 2.44. The summed E-state index contributed by atoms with van der Waals surface area (Å²) in [5.41, 5.74) is 4.38. The van der Waals surface area contributed by atoms with Crippen molar-refractivity contribution >= 4 is 23.4 Å². The number of carbonyl (C=O) groups excluding carboxylic acids is 2. The van der Waals surface area contributed by atoms with Crippen LogP contribution < -0.4 is 14.8 Å². The molecule has 0 spiro atoms. The second-order valence-corrected chi connectivity index (χ2v) is 8.52. The molecule has 2 aromatic carbocycles. The lowest BCUT2D eigenvalue weighted by molar-refractivity contribution is -0.136. The third-order valence-corrected chi connectivity index (χ3v) is 6.26. The van der Waals surface area contributed by atoms with E-state index in [1.54, 1.807) is 7.11 Å². The Kier molecular flexibility index (Phi) is 6.75. The van der Waals surface area contributed by atoms with Crippen molar-refractivity contribution in [2.45, 2.75) is 38.7 Å². The number of methoxy groups -OCH3 is 2. The van der Waals surface area contributed by atoms with E-state index in [1.807, 2.05) is 49.4 Å². The predicted octanol–water partition coefficient (Wildman–Crippen LogP) is 5.07. The van der Waals surface area contributed by atoms with E-state index in [4.69, 9.17) is 25.8 Å². The molecular weight excluding hydrogens is 442 g/mol. The van der Waals surface area contributed by atoms with Crippen molar-refractivity contribution in [1.29, 1.82) is 0 Å². The van der Waals surface area contributed by atoms with E-state index in [0.29, 0.717) is 46.4 Å². The summed E-state index contributed by atoms with van der Waals surface area (Å²) in [7, 11) is 2.91. The second kappa shape index (κ2) is 9.71. The van der Waals surface area contributed by atoms with E-state index in [-0.39, 0.29) is 5.78 Å². The smallest absolute Gasteiger partial charge is 0.336 e. The lowest BCUT2D eigenvalue weighted by atomic mass is 9.75. The zero-order chi connectivity index (χ0) is 23.5. The summed E-state index contributed by atoms with van der Waals surface area (Å²) < 4.78 is 16.6. The quantitative estimate of drug-likeness (QED) is 0.598. The number of Topliss-reactive ketones (excluding diaryl/α,β-unsaturated/α-hetero) is 1. The largest absolute Gasteiger partial charge is 0.493 e. The van der Waals surface area contributed by atoms with E-state index >= 15 is 0 Å². The number of halogens is 1. The van der Waals surface area contributed by atoms with E-state index in [9.17, 15) is 9.59 Å². The fourth-order valence-electron chi connectivity index (χ4n) is 4.42. The Morgan fingerprint density at radius 2 is 1.85 bits per heavy atom. The zero-order valence-electron chi connectivity index (χ0n) is 18.9. The van der Waals surface area contributed by atoms with Gasteiger partial charge in [-0.2, -0.15) is 0 Å². The number of benzene rings is 2. The number of carbonyl (C=O) groups is 2. The van der Waals surface area contributed by atoms with Crippen molar-refractivity contribution in [3.05, 3.63) is 81.2 Å². The summed E-state index contributed by atoms with van der Waals surface area (Å²) in [6.07, 6.45) is 2.02. The SMILES string of the molecule is COC(=O)C1=C(C)NC2=C(C(=O)CCC2)C1c1ccc(OCc2ccc(Cl)cc2)c(OC)c1. The van der Waals surface area contributed by atoms with Crippen LogP contribution >= 0.6 is 11.6 Å². The normalized spacial score (nSPS) is 17.9. The number of esters is 1. The molecule has 1 unspecified atom stereocenters. The molecule has 1 aliphatic carbocycles. The van der Waals surface area contributed by atoms with Crippen molar-refractivity contribution in [2.75, 3.05) is 14.2 Å². The highest BCUT2D eigenvalue weighted by Gasteiger charge is 2.39. The van der Waals surface area contributed by atoms with Crippen molar-refractivity contribution < 1.29 is 23.8 Å². The maximum atomic E-state index is 12.9. The van der Waals surface area contributed by atoms with Crippen LogP contribution in [0.5, 0.6) is 11.5 Å². The monoisotopic (exact) mass is 467 g/mol. The first-order valence-corrected chi connectivity index (χ1v) is 11.2. The topological polar surface area (TPSA) is 73.9 Å². The van der Waals surface area contributed by atoms with E-state index in [1.165, 1.54) is 7.11 Å². The van der Waals surface area contributed by atoms with Crippen molar-refractivity contribution in [2.24, 2.45) is 0 Å². The Hall–Kier alpha value is -3.25. The Bertz CT molecular complexity index is 1150. The molecule has 0 aromatic heterocycles. The molecule has 1 heterocycles. The van der Waals surface area contributed by atoms with Gasteiger partial charge in [0.1, 0.15) is 6.61 Å². The number of dihydropyridines is 1. The number of ketones is 1. The van der Waals surface area contributed by atoms with Crippen LogP contribution in [-0.2, 0) is 20.9 Å². The molecule has 1 atom stereocenters. The van der Waals surface area contributed by atoms with Gasteiger partial charge in [-0.05, 0) is 55.2 Å². The molecular formula is C26H26ClNO5. The third-order valence-electron chi connectivity index (χ3n) is 6.01. The highest BCUT2D eigenvalue weighted by atomic mass is 35.5. The van der Waals surface area contributed by atoms with Crippen LogP contribution in [0.15, 0.2) is 65.0 Å². The number of rotatable bonds is 6. The first-order chi connectivity index (χ1) is 15.9. The molecule has 7 heteroatoms. The summed E-state index contributed by atoms with van der Waals surface area (Å²) in [5, 5.41) is 3.93. The lowest BCUT2D eigenvalue weighted by Crippen LogP contribution is -2.34. The van der Waals surface area contributed by atoms with Gasteiger partial charge < -0.3 is 19.5 Å². The first-order valence-electron chi connectivity index (χ1n) is 10.8. The molecule has 1 aliphatic heterocycles. The van der Waals surface area contributed by atoms with Crippen LogP contribution in [0, 0.1) is 0 Å². The van der Waals surface area contributed by atoms with Crippen LogP contribution in [0.3, 0.4) is 0 Å². The lowest BCUT2D eigenvalue weighted by Gasteiger charge is -2.34. The average Bonchev–Trinajstić information content (AvgIpc) is 2.82. The summed E-state index contributed by atoms with van der Waals surface area (Å²) >= 11 is 5.95.